The molecule has 1 heterocycles. The van der Waals surface area contributed by atoms with Crippen molar-refractivity contribution in [1.82, 2.24) is 4.57 Å². The molecule has 7 aliphatic carbocycles. The molecule has 228 valence electrons. The topological polar surface area (TPSA) is 4.93 Å². The van der Waals surface area contributed by atoms with E-state index in [1.54, 1.807) is 77.0 Å². The molecule has 0 radical (unpaired) electrons. The highest BCUT2D eigenvalue weighted by atomic mass is 15.0. The third-order valence-corrected chi connectivity index (χ3v) is 16.0. The summed E-state index contributed by atoms with van der Waals surface area (Å²) in [6, 6.07) is 19.3. The number of aromatic nitrogens is 1. The van der Waals surface area contributed by atoms with Crippen LogP contribution in [-0.4, -0.2) is 4.57 Å². The van der Waals surface area contributed by atoms with Crippen molar-refractivity contribution in [2.45, 2.75) is 115 Å². The van der Waals surface area contributed by atoms with Gasteiger partial charge in [-0.1, -0.05) is 74.9 Å². The Kier molecular flexibility index (Phi) is 6.39. The van der Waals surface area contributed by atoms with Crippen LogP contribution in [-0.2, 0) is 0 Å². The predicted octanol–water partition coefficient (Wildman–Crippen LogP) is 11.5. The van der Waals surface area contributed by atoms with Crippen LogP contribution in [0.3, 0.4) is 0 Å². The summed E-state index contributed by atoms with van der Waals surface area (Å²) in [6.45, 7) is 0. The molecule has 7 fully saturated rings. The molecule has 13 atom stereocenters. The first-order chi connectivity index (χ1) is 21.3. The van der Waals surface area contributed by atoms with Crippen LogP contribution < -0.4 is 0 Å². The fraction of sp³-hybridized carbons (Fsp3) is 0.714. The van der Waals surface area contributed by atoms with Gasteiger partial charge in [0.15, 0.2) is 0 Å². The van der Waals surface area contributed by atoms with Crippen molar-refractivity contribution in [2.24, 2.45) is 71.0 Å². The molecule has 13 unspecified atom stereocenters. The lowest BCUT2D eigenvalue weighted by Gasteiger charge is -2.65. The third kappa shape index (κ3) is 3.94. The van der Waals surface area contributed by atoms with Gasteiger partial charge in [0.2, 0.25) is 0 Å². The van der Waals surface area contributed by atoms with E-state index in [-0.39, 0.29) is 0 Å². The van der Waals surface area contributed by atoms with Crippen LogP contribution in [0.1, 0.15) is 115 Å². The second kappa shape index (κ2) is 10.4. The molecule has 1 nitrogen and oxygen atoms in total. The predicted molar refractivity (Wildman–Crippen MR) is 179 cm³/mol. The molecule has 43 heavy (non-hydrogen) atoms. The molecule has 3 aromatic rings. The van der Waals surface area contributed by atoms with E-state index in [9.17, 15) is 0 Å². The van der Waals surface area contributed by atoms with Crippen molar-refractivity contribution in [1.29, 1.82) is 0 Å². The molecule has 2 aromatic carbocycles. The Morgan fingerprint density at radius 3 is 1.14 bits per heavy atom. The quantitative estimate of drug-likeness (QED) is 0.273. The van der Waals surface area contributed by atoms with Crippen molar-refractivity contribution in [2.75, 3.05) is 0 Å². The summed E-state index contributed by atoms with van der Waals surface area (Å²) in [7, 11) is 0. The van der Waals surface area contributed by atoms with Crippen LogP contribution >= 0.6 is 0 Å². The normalized spacial score (nSPS) is 45.7. The molecule has 0 amide bonds. The molecule has 0 aliphatic heterocycles. The lowest BCUT2D eigenvalue weighted by Crippen LogP contribution is -2.57. The number of hydrogen-bond acceptors (Lipinski definition) is 0. The number of nitrogens with zero attached hydrogens (tertiary/aromatic N) is 1. The molecule has 10 rings (SSSR count). The van der Waals surface area contributed by atoms with Gasteiger partial charge in [0, 0.05) is 27.8 Å². The van der Waals surface area contributed by atoms with E-state index in [1.807, 2.05) is 0 Å². The maximum atomic E-state index is 2.83. The second-order valence-electron chi connectivity index (χ2n) is 17.2. The highest BCUT2D eigenvalue weighted by molar-refractivity contribution is 6.08. The lowest BCUT2D eigenvalue weighted by atomic mass is 9.41. The molecule has 0 spiro atoms. The van der Waals surface area contributed by atoms with Gasteiger partial charge in [-0.3, -0.25) is 0 Å². The van der Waals surface area contributed by atoms with Gasteiger partial charge >= 0.3 is 0 Å². The number of fused-ring (bicyclic) bond motifs is 15. The maximum Gasteiger partial charge on any atom is 0.0493 e. The molecule has 0 bridgehead atoms. The zero-order valence-electron chi connectivity index (χ0n) is 26.6. The minimum absolute atomic E-state index is 0.682. The Labute approximate surface area is 260 Å². The summed E-state index contributed by atoms with van der Waals surface area (Å²) < 4.78 is 2.83. The first-order valence-electron chi connectivity index (χ1n) is 19.3. The van der Waals surface area contributed by atoms with E-state index in [0.717, 1.165) is 71.0 Å². The van der Waals surface area contributed by atoms with Crippen molar-refractivity contribution < 1.29 is 0 Å². The number of para-hydroxylation sites is 2. The zero-order chi connectivity index (χ0) is 28.1. The Hall–Kier alpha value is -1.76. The smallest absolute Gasteiger partial charge is 0.0493 e. The van der Waals surface area contributed by atoms with Gasteiger partial charge in [-0.05, 0) is 154 Å². The fourth-order valence-corrected chi connectivity index (χ4v) is 14.9. The van der Waals surface area contributed by atoms with Crippen LogP contribution in [0.2, 0.25) is 0 Å². The Balaban J connectivity index is 1.01. The van der Waals surface area contributed by atoms with Crippen molar-refractivity contribution >= 4 is 21.8 Å². The Morgan fingerprint density at radius 2 is 0.698 bits per heavy atom. The number of hydrogen-bond donors (Lipinski definition) is 0. The largest absolute Gasteiger partial charge is 0.337 e. The highest BCUT2D eigenvalue weighted by Crippen LogP contribution is 2.67. The third-order valence-electron chi connectivity index (χ3n) is 16.0. The van der Waals surface area contributed by atoms with E-state index in [2.05, 4.69) is 53.1 Å². The van der Waals surface area contributed by atoms with Crippen LogP contribution in [0, 0.1) is 71.0 Å². The molecule has 0 N–H and O–H groups in total. The monoisotopic (exact) mass is 573 g/mol. The second-order valence-corrected chi connectivity index (χ2v) is 17.2. The zero-order valence-corrected chi connectivity index (χ0v) is 26.6. The summed E-state index contributed by atoms with van der Waals surface area (Å²) in [5.74, 6) is 12.9. The van der Waals surface area contributed by atoms with Gasteiger partial charge < -0.3 is 4.57 Å². The first-order valence-corrected chi connectivity index (χ1v) is 19.3. The maximum absolute atomic E-state index is 2.83. The summed E-state index contributed by atoms with van der Waals surface area (Å²) in [5, 5.41) is 2.94. The fourth-order valence-electron chi connectivity index (χ4n) is 14.9. The summed E-state index contributed by atoms with van der Waals surface area (Å²) in [4.78, 5) is 0. The number of benzene rings is 2. The van der Waals surface area contributed by atoms with Gasteiger partial charge in [0.1, 0.15) is 0 Å². The van der Waals surface area contributed by atoms with Crippen molar-refractivity contribution in [3.63, 3.8) is 0 Å². The van der Waals surface area contributed by atoms with E-state index in [4.69, 9.17) is 0 Å². The highest BCUT2D eigenvalue weighted by Gasteiger charge is 2.59. The summed E-state index contributed by atoms with van der Waals surface area (Å²) >= 11 is 0. The van der Waals surface area contributed by atoms with E-state index in [1.165, 1.54) is 53.9 Å². The first kappa shape index (κ1) is 26.5. The van der Waals surface area contributed by atoms with Gasteiger partial charge in [0.25, 0.3) is 0 Å². The Bertz CT molecular complexity index is 1430. The van der Waals surface area contributed by atoms with Crippen LogP contribution in [0.15, 0.2) is 48.5 Å². The van der Waals surface area contributed by atoms with E-state index < -0.39 is 0 Å². The average Bonchev–Trinajstić information content (AvgIpc) is 3.42. The van der Waals surface area contributed by atoms with Crippen LogP contribution in [0.5, 0.6) is 0 Å². The standard InChI is InChI=1S/C42H55N/c1-3-13-29-27(11-1)28-12-2-4-14-30(28)38-25-40-33-22-21-26(23-36(33)31-15-5-6-16-32(31)39(40)24-37(29)38)43-41-19-9-7-17-34(41)35-18-8-10-20-42(35)43/h7-10,17-20,26-33,36-40H,1-6,11-16,21-25H2. The van der Waals surface area contributed by atoms with Crippen molar-refractivity contribution in [3.05, 3.63) is 48.5 Å². The van der Waals surface area contributed by atoms with Gasteiger partial charge in [0.05, 0.1) is 0 Å². The molecule has 7 saturated carbocycles. The minimum atomic E-state index is 0.682. The van der Waals surface area contributed by atoms with E-state index >= 15 is 0 Å². The minimum Gasteiger partial charge on any atom is -0.337 e. The Morgan fingerprint density at radius 1 is 0.349 bits per heavy atom. The molecule has 0 saturated heterocycles. The van der Waals surface area contributed by atoms with Gasteiger partial charge in [-0.25, -0.2) is 0 Å². The SMILES string of the molecule is c1ccc2c(c1)c1ccccc1n2C1CCC2C3CC4C5CCCCC5C5CCCCC5C4CC3C3CCCCC3C2C1. The molecule has 1 heteroatoms. The molecular formula is C42H55N. The molecule has 1 aromatic heterocycles. The van der Waals surface area contributed by atoms with E-state index in [0.29, 0.717) is 6.04 Å². The lowest BCUT2D eigenvalue weighted by molar-refractivity contribution is -0.157. The van der Waals surface area contributed by atoms with Crippen LogP contribution in [0.25, 0.3) is 21.8 Å². The van der Waals surface area contributed by atoms with Crippen molar-refractivity contribution in [3.8, 4) is 0 Å². The molecule has 7 aliphatic rings. The average molecular weight is 574 g/mol. The van der Waals surface area contributed by atoms with Crippen LogP contribution in [0.4, 0.5) is 0 Å². The van der Waals surface area contributed by atoms with Gasteiger partial charge in [-0.2, -0.15) is 0 Å². The summed E-state index contributed by atoms with van der Waals surface area (Å²) in [6.07, 6.45) is 26.5. The molecular weight excluding hydrogens is 518 g/mol. The summed E-state index contributed by atoms with van der Waals surface area (Å²) in [5.41, 5.74) is 2.99. The van der Waals surface area contributed by atoms with Gasteiger partial charge in [-0.15, -0.1) is 0 Å². The number of rotatable bonds is 1.